The van der Waals surface area contributed by atoms with Crippen molar-refractivity contribution in [2.75, 3.05) is 0 Å². The van der Waals surface area contributed by atoms with Crippen LogP contribution in [-0.2, 0) is 0 Å². The normalized spacial score (nSPS) is 22.9. The predicted octanol–water partition coefficient (Wildman–Crippen LogP) is 0.973. The quantitative estimate of drug-likeness (QED) is 0.831. The third kappa shape index (κ3) is 2.46. The van der Waals surface area contributed by atoms with E-state index in [1.165, 1.54) is 6.92 Å². The first kappa shape index (κ1) is 12.9. The zero-order chi connectivity index (χ0) is 14.1. The Hall–Kier alpha value is -2.09. The highest BCUT2D eigenvalue weighted by atomic mass is 16.4. The second kappa shape index (κ2) is 5.12. The van der Waals surface area contributed by atoms with Crippen LogP contribution in [0.5, 0.6) is 0 Å². The second-order valence-electron chi connectivity index (χ2n) is 5.12. The molecule has 0 spiro atoms. The molecule has 2 N–H and O–H groups in total. The number of hydrogen-bond donors (Lipinski definition) is 1. The molecule has 106 valence electrons. The zero-order valence-electron chi connectivity index (χ0n) is 11.2. The van der Waals surface area contributed by atoms with Gasteiger partial charge in [0.25, 0.3) is 11.8 Å². The van der Waals surface area contributed by atoms with Crippen LogP contribution in [0.15, 0.2) is 10.6 Å². The van der Waals surface area contributed by atoms with Crippen molar-refractivity contribution in [1.29, 1.82) is 0 Å². The Labute approximate surface area is 115 Å². The highest BCUT2D eigenvalue weighted by Gasteiger charge is 2.22. The van der Waals surface area contributed by atoms with Crippen molar-refractivity contribution >= 4 is 5.78 Å². The van der Waals surface area contributed by atoms with Gasteiger partial charge in [0.15, 0.2) is 5.69 Å². The molecule has 1 aliphatic carbocycles. The van der Waals surface area contributed by atoms with Crippen LogP contribution >= 0.6 is 0 Å². The van der Waals surface area contributed by atoms with Crippen molar-refractivity contribution in [2.24, 2.45) is 5.73 Å². The smallest absolute Gasteiger partial charge is 0.284 e. The molecule has 0 radical (unpaired) electrons. The number of rotatable bonds is 3. The van der Waals surface area contributed by atoms with E-state index < -0.39 is 0 Å². The molecule has 1 fully saturated rings. The summed E-state index contributed by atoms with van der Waals surface area (Å²) in [5.74, 6) is -0.0652. The summed E-state index contributed by atoms with van der Waals surface area (Å²) < 4.78 is 7.06. The van der Waals surface area contributed by atoms with E-state index in [1.54, 1.807) is 6.20 Å². The van der Waals surface area contributed by atoms with E-state index in [0.29, 0.717) is 17.8 Å². The van der Waals surface area contributed by atoms with Gasteiger partial charge in [-0.3, -0.25) is 4.79 Å². The third-order valence-electron chi connectivity index (χ3n) is 3.57. The number of aromatic nitrogens is 5. The first-order chi connectivity index (χ1) is 9.63. The lowest BCUT2D eigenvalue weighted by Crippen LogP contribution is -2.28. The summed E-state index contributed by atoms with van der Waals surface area (Å²) in [6.07, 6.45) is 5.75. The lowest BCUT2D eigenvalue weighted by Gasteiger charge is -2.25. The van der Waals surface area contributed by atoms with Crippen LogP contribution in [-0.4, -0.2) is 37.0 Å². The van der Waals surface area contributed by atoms with Crippen molar-refractivity contribution in [1.82, 2.24) is 25.2 Å². The number of nitrogens with two attached hydrogens (primary N) is 1. The molecule has 2 aromatic rings. The van der Waals surface area contributed by atoms with Gasteiger partial charge in [0.05, 0.1) is 12.2 Å². The van der Waals surface area contributed by atoms with E-state index in [-0.39, 0.29) is 17.6 Å². The SMILES string of the molecule is CC(=O)c1nnc(-c2cn(C3CCC(N)CC3)nn2)o1. The Kier molecular flexibility index (Phi) is 3.31. The van der Waals surface area contributed by atoms with Gasteiger partial charge in [0.1, 0.15) is 0 Å². The molecule has 0 unspecified atom stereocenters. The molecule has 3 rings (SSSR count). The first-order valence-electron chi connectivity index (χ1n) is 6.65. The monoisotopic (exact) mass is 276 g/mol. The van der Waals surface area contributed by atoms with Gasteiger partial charge in [-0.1, -0.05) is 5.21 Å². The fourth-order valence-electron chi connectivity index (χ4n) is 2.39. The summed E-state index contributed by atoms with van der Waals surface area (Å²) in [4.78, 5) is 11.1. The molecule has 0 aromatic carbocycles. The van der Waals surface area contributed by atoms with Gasteiger partial charge in [-0.25, -0.2) is 4.68 Å². The number of carbonyl (C=O) groups is 1. The summed E-state index contributed by atoms with van der Waals surface area (Å²) >= 11 is 0. The third-order valence-corrected chi connectivity index (χ3v) is 3.57. The minimum Gasteiger partial charge on any atom is -0.412 e. The van der Waals surface area contributed by atoms with Crippen LogP contribution in [0.1, 0.15) is 49.3 Å². The Morgan fingerprint density at radius 1 is 1.30 bits per heavy atom. The van der Waals surface area contributed by atoms with Gasteiger partial charge >= 0.3 is 0 Å². The molecule has 20 heavy (non-hydrogen) atoms. The lowest BCUT2D eigenvalue weighted by atomic mass is 9.92. The summed E-state index contributed by atoms with van der Waals surface area (Å²) in [6.45, 7) is 1.37. The van der Waals surface area contributed by atoms with E-state index in [9.17, 15) is 4.79 Å². The van der Waals surface area contributed by atoms with E-state index in [4.69, 9.17) is 10.2 Å². The maximum Gasteiger partial charge on any atom is 0.284 e. The van der Waals surface area contributed by atoms with Crippen LogP contribution in [0, 0.1) is 0 Å². The average Bonchev–Trinajstić information content (AvgIpc) is 3.08. The first-order valence-corrected chi connectivity index (χ1v) is 6.65. The Morgan fingerprint density at radius 2 is 2.05 bits per heavy atom. The van der Waals surface area contributed by atoms with Crippen LogP contribution in [0.3, 0.4) is 0 Å². The van der Waals surface area contributed by atoms with Crippen LogP contribution in [0.2, 0.25) is 0 Å². The molecule has 0 bridgehead atoms. The minimum atomic E-state index is -0.266. The van der Waals surface area contributed by atoms with Crippen LogP contribution < -0.4 is 5.73 Å². The molecule has 1 saturated carbocycles. The summed E-state index contributed by atoms with van der Waals surface area (Å²) in [5, 5.41) is 15.6. The largest absolute Gasteiger partial charge is 0.412 e. The molecular formula is C12H16N6O2. The molecule has 0 amide bonds. The summed E-state index contributed by atoms with van der Waals surface area (Å²) in [7, 11) is 0. The number of hydrogen-bond acceptors (Lipinski definition) is 7. The molecule has 8 nitrogen and oxygen atoms in total. The molecule has 0 saturated heterocycles. The van der Waals surface area contributed by atoms with Gasteiger partial charge in [-0.05, 0) is 25.7 Å². The fraction of sp³-hybridized carbons (Fsp3) is 0.583. The zero-order valence-corrected chi connectivity index (χ0v) is 11.2. The molecule has 0 atom stereocenters. The van der Waals surface area contributed by atoms with Crippen molar-refractivity contribution < 1.29 is 9.21 Å². The Morgan fingerprint density at radius 3 is 2.70 bits per heavy atom. The van der Waals surface area contributed by atoms with E-state index in [0.717, 1.165) is 25.7 Å². The van der Waals surface area contributed by atoms with E-state index in [1.807, 2.05) is 4.68 Å². The standard InChI is InChI=1S/C12H16N6O2/c1-7(19)11-15-16-12(20-11)10-6-18(17-14-10)9-4-2-8(13)3-5-9/h6,8-9H,2-5,13H2,1H3. The van der Waals surface area contributed by atoms with Crippen molar-refractivity contribution in [3.63, 3.8) is 0 Å². The van der Waals surface area contributed by atoms with Gasteiger partial charge < -0.3 is 10.2 Å². The second-order valence-corrected chi connectivity index (χ2v) is 5.12. The molecule has 1 aliphatic rings. The fourth-order valence-corrected chi connectivity index (χ4v) is 2.39. The predicted molar refractivity (Wildman–Crippen MR) is 68.8 cm³/mol. The topological polar surface area (TPSA) is 113 Å². The number of ketones is 1. The number of carbonyl (C=O) groups excluding carboxylic acids is 1. The molecule has 0 aliphatic heterocycles. The summed E-state index contributed by atoms with van der Waals surface area (Å²) in [6, 6.07) is 0.606. The minimum absolute atomic E-state index is 0.0156. The molecular weight excluding hydrogens is 260 g/mol. The van der Waals surface area contributed by atoms with Crippen LogP contribution in [0.4, 0.5) is 0 Å². The molecule has 2 aromatic heterocycles. The number of Topliss-reactive ketones (excluding diaryl/α,β-unsaturated/α-hetero) is 1. The summed E-state index contributed by atoms with van der Waals surface area (Å²) in [5.41, 5.74) is 6.38. The molecule has 8 heteroatoms. The van der Waals surface area contributed by atoms with Gasteiger partial charge in [-0.15, -0.1) is 15.3 Å². The highest BCUT2D eigenvalue weighted by molar-refractivity contribution is 5.89. The van der Waals surface area contributed by atoms with E-state index >= 15 is 0 Å². The Balaban J connectivity index is 1.77. The van der Waals surface area contributed by atoms with Crippen molar-refractivity contribution in [2.45, 2.75) is 44.7 Å². The van der Waals surface area contributed by atoms with Crippen molar-refractivity contribution in [3.05, 3.63) is 12.1 Å². The van der Waals surface area contributed by atoms with Gasteiger partial charge in [0, 0.05) is 13.0 Å². The van der Waals surface area contributed by atoms with Gasteiger partial charge in [-0.2, -0.15) is 0 Å². The maximum absolute atomic E-state index is 11.1. The van der Waals surface area contributed by atoms with E-state index in [2.05, 4.69) is 20.5 Å². The lowest BCUT2D eigenvalue weighted by molar-refractivity contribution is 0.0981. The maximum atomic E-state index is 11.1. The van der Waals surface area contributed by atoms with Crippen LogP contribution in [0.25, 0.3) is 11.6 Å². The molecule has 2 heterocycles. The van der Waals surface area contributed by atoms with Crippen molar-refractivity contribution in [3.8, 4) is 11.6 Å². The highest BCUT2D eigenvalue weighted by Crippen LogP contribution is 2.27. The number of nitrogens with zero attached hydrogens (tertiary/aromatic N) is 5. The average molecular weight is 276 g/mol. The Bertz CT molecular complexity index is 611. The van der Waals surface area contributed by atoms with Gasteiger partial charge in [0.2, 0.25) is 5.78 Å².